The van der Waals surface area contributed by atoms with Crippen LogP contribution in [0.25, 0.3) is 6.08 Å². The number of rotatable bonds is 18. The Morgan fingerprint density at radius 1 is 0.939 bits per heavy atom. The summed E-state index contributed by atoms with van der Waals surface area (Å²) in [5.74, 6) is -0.361. The van der Waals surface area contributed by atoms with Gasteiger partial charge in [-0.05, 0) is 30.3 Å². The van der Waals surface area contributed by atoms with Crippen molar-refractivity contribution in [3.05, 3.63) is 46.0 Å². The topological polar surface area (TPSA) is 84.3 Å². The predicted octanol–water partition coefficient (Wildman–Crippen LogP) is 7.08. The van der Waals surface area contributed by atoms with Gasteiger partial charge in [0.05, 0.1) is 4.92 Å². The Balaban J connectivity index is 1.98. The predicted molar refractivity (Wildman–Crippen MR) is 141 cm³/mol. The number of nitrogens with zero attached hydrogens (tertiary/aromatic N) is 1. The normalized spacial score (nSPS) is 10.9. The number of hydrogen-bond acceptors (Lipinski definition) is 4. The minimum absolute atomic E-state index is 0.0112. The molecule has 1 aromatic carbocycles. The average molecular weight is 476 g/mol. The lowest BCUT2D eigenvalue weighted by Crippen LogP contribution is -2.38. The van der Waals surface area contributed by atoms with E-state index >= 15 is 0 Å². The highest BCUT2D eigenvalue weighted by atomic mass is 32.1. The molecule has 0 bridgehead atoms. The molecule has 0 saturated carbocycles. The van der Waals surface area contributed by atoms with E-state index in [0.717, 1.165) is 19.4 Å². The van der Waals surface area contributed by atoms with Crippen molar-refractivity contribution in [1.82, 2.24) is 10.6 Å². The number of nitro groups is 1. The quantitative estimate of drug-likeness (QED) is 0.0779. The van der Waals surface area contributed by atoms with Crippen molar-refractivity contribution < 1.29 is 9.72 Å². The summed E-state index contributed by atoms with van der Waals surface area (Å²) in [4.78, 5) is 22.3. The third-order valence-corrected chi connectivity index (χ3v) is 5.81. The van der Waals surface area contributed by atoms with Crippen molar-refractivity contribution in [3.63, 3.8) is 0 Å². The van der Waals surface area contributed by atoms with E-state index in [1.54, 1.807) is 12.1 Å². The molecule has 0 heterocycles. The molecular weight excluding hydrogens is 434 g/mol. The summed E-state index contributed by atoms with van der Waals surface area (Å²) in [6.07, 6.45) is 21.3. The molecule has 0 spiro atoms. The van der Waals surface area contributed by atoms with Gasteiger partial charge in [0.15, 0.2) is 5.11 Å². The van der Waals surface area contributed by atoms with Crippen molar-refractivity contribution >= 4 is 35.0 Å². The SMILES string of the molecule is CCCCCCCCCCCCCCCCNC(=S)NC(=O)/C=C/c1cccc([N+](=O)[O-])c1. The summed E-state index contributed by atoms with van der Waals surface area (Å²) in [6, 6.07) is 6.10. The number of carbonyl (C=O) groups is 1. The summed E-state index contributed by atoms with van der Waals surface area (Å²) in [5, 5.41) is 16.8. The Kier molecular flexibility index (Phi) is 16.7. The Morgan fingerprint density at radius 2 is 1.48 bits per heavy atom. The van der Waals surface area contributed by atoms with Gasteiger partial charge in [-0.25, -0.2) is 0 Å². The number of benzene rings is 1. The van der Waals surface area contributed by atoms with Crippen LogP contribution in [0.15, 0.2) is 30.3 Å². The van der Waals surface area contributed by atoms with E-state index in [2.05, 4.69) is 17.6 Å². The van der Waals surface area contributed by atoms with Crippen molar-refractivity contribution in [1.29, 1.82) is 0 Å². The van der Waals surface area contributed by atoms with Gasteiger partial charge in [0.2, 0.25) is 5.91 Å². The van der Waals surface area contributed by atoms with Crippen molar-refractivity contribution in [2.45, 2.75) is 96.8 Å². The fraction of sp³-hybridized carbons (Fsp3) is 0.615. The van der Waals surface area contributed by atoms with E-state index in [0.29, 0.717) is 10.7 Å². The Labute approximate surface area is 204 Å². The molecule has 0 aliphatic heterocycles. The third-order valence-electron chi connectivity index (χ3n) is 5.56. The zero-order valence-corrected chi connectivity index (χ0v) is 21.0. The molecule has 33 heavy (non-hydrogen) atoms. The van der Waals surface area contributed by atoms with Gasteiger partial charge in [-0.15, -0.1) is 0 Å². The molecular formula is C26H41N3O3S. The third kappa shape index (κ3) is 16.1. The molecule has 0 aromatic heterocycles. The number of non-ortho nitro benzene ring substituents is 1. The molecule has 1 aromatic rings. The maximum Gasteiger partial charge on any atom is 0.270 e. The molecule has 184 valence electrons. The van der Waals surface area contributed by atoms with E-state index < -0.39 is 4.92 Å². The van der Waals surface area contributed by atoms with E-state index in [4.69, 9.17) is 12.2 Å². The van der Waals surface area contributed by atoms with Crippen LogP contribution in [0.1, 0.15) is 102 Å². The van der Waals surface area contributed by atoms with Crippen LogP contribution in [0.4, 0.5) is 5.69 Å². The van der Waals surface area contributed by atoms with Gasteiger partial charge < -0.3 is 5.32 Å². The minimum atomic E-state index is -0.465. The van der Waals surface area contributed by atoms with E-state index in [1.807, 2.05) is 0 Å². The lowest BCUT2D eigenvalue weighted by Gasteiger charge is -2.08. The lowest BCUT2D eigenvalue weighted by atomic mass is 10.0. The zero-order valence-electron chi connectivity index (χ0n) is 20.2. The summed E-state index contributed by atoms with van der Waals surface area (Å²) < 4.78 is 0. The van der Waals surface area contributed by atoms with Gasteiger partial charge in [0.25, 0.3) is 5.69 Å². The van der Waals surface area contributed by atoms with Gasteiger partial charge in [-0.2, -0.15) is 0 Å². The van der Waals surface area contributed by atoms with Gasteiger partial charge in [0.1, 0.15) is 0 Å². The minimum Gasteiger partial charge on any atom is -0.362 e. The van der Waals surface area contributed by atoms with Crippen LogP contribution in [-0.2, 0) is 4.79 Å². The highest BCUT2D eigenvalue weighted by Crippen LogP contribution is 2.14. The molecule has 0 saturated heterocycles. The summed E-state index contributed by atoms with van der Waals surface area (Å²) >= 11 is 5.15. The Bertz CT molecular complexity index is 737. The molecule has 0 unspecified atom stereocenters. The Morgan fingerprint density at radius 3 is 2.03 bits per heavy atom. The second-order valence-corrected chi connectivity index (χ2v) is 8.94. The van der Waals surface area contributed by atoms with Crippen LogP contribution < -0.4 is 10.6 Å². The van der Waals surface area contributed by atoms with Crippen LogP contribution in [0, 0.1) is 10.1 Å². The number of amides is 1. The number of nitro benzene ring substituents is 1. The molecule has 0 radical (unpaired) electrons. The molecule has 0 atom stereocenters. The number of carbonyl (C=O) groups excluding carboxylic acids is 1. The highest BCUT2D eigenvalue weighted by Gasteiger charge is 2.05. The maximum absolute atomic E-state index is 11.9. The first kappa shape index (κ1) is 28.8. The number of nitrogens with one attached hydrogen (secondary N) is 2. The van der Waals surface area contributed by atoms with E-state index in [-0.39, 0.29) is 11.6 Å². The maximum atomic E-state index is 11.9. The molecule has 0 fully saturated rings. The van der Waals surface area contributed by atoms with E-state index in [9.17, 15) is 14.9 Å². The first-order valence-electron chi connectivity index (χ1n) is 12.5. The van der Waals surface area contributed by atoms with Crippen LogP contribution in [0.5, 0.6) is 0 Å². The lowest BCUT2D eigenvalue weighted by molar-refractivity contribution is -0.384. The second kappa shape index (κ2) is 19.2. The zero-order chi connectivity index (χ0) is 24.2. The largest absolute Gasteiger partial charge is 0.362 e. The highest BCUT2D eigenvalue weighted by molar-refractivity contribution is 7.80. The first-order valence-corrected chi connectivity index (χ1v) is 12.9. The first-order chi connectivity index (χ1) is 16.0. The van der Waals surface area contributed by atoms with Crippen molar-refractivity contribution in [2.24, 2.45) is 0 Å². The summed E-state index contributed by atoms with van der Waals surface area (Å²) in [6.45, 7) is 3.00. The molecule has 1 amide bonds. The monoisotopic (exact) mass is 475 g/mol. The van der Waals surface area contributed by atoms with Crippen molar-refractivity contribution in [2.75, 3.05) is 6.54 Å². The molecule has 0 aliphatic rings. The standard InChI is InChI=1S/C26H41N3O3S/c1-2-3-4-5-6-7-8-9-10-11-12-13-14-15-21-27-26(33)28-25(30)20-19-23-17-16-18-24(22-23)29(31)32/h16-20,22H,2-15,21H2,1H3,(H2,27,28,30,33)/b20-19+. The van der Waals surface area contributed by atoms with Gasteiger partial charge in [0, 0.05) is 24.8 Å². The smallest absolute Gasteiger partial charge is 0.270 e. The fourth-order valence-electron chi connectivity index (χ4n) is 3.63. The molecule has 2 N–H and O–H groups in total. The summed E-state index contributed by atoms with van der Waals surface area (Å²) in [5.41, 5.74) is 0.573. The van der Waals surface area contributed by atoms with E-state index in [1.165, 1.54) is 101 Å². The molecule has 1 rings (SSSR count). The number of unbranched alkanes of at least 4 members (excludes halogenated alkanes) is 13. The summed E-state index contributed by atoms with van der Waals surface area (Å²) in [7, 11) is 0. The van der Waals surface area contributed by atoms with Gasteiger partial charge >= 0.3 is 0 Å². The number of hydrogen-bond donors (Lipinski definition) is 2. The van der Waals surface area contributed by atoms with Gasteiger partial charge in [-0.1, -0.05) is 103 Å². The van der Waals surface area contributed by atoms with Crippen molar-refractivity contribution in [3.8, 4) is 0 Å². The second-order valence-electron chi connectivity index (χ2n) is 8.53. The molecule has 7 heteroatoms. The molecule has 0 aliphatic carbocycles. The van der Waals surface area contributed by atoms with Crippen LogP contribution >= 0.6 is 12.2 Å². The van der Waals surface area contributed by atoms with Gasteiger partial charge in [-0.3, -0.25) is 20.2 Å². The Hall–Kier alpha value is -2.28. The van der Waals surface area contributed by atoms with Crippen LogP contribution in [0.2, 0.25) is 0 Å². The number of thiocarbonyl (C=S) groups is 1. The van der Waals surface area contributed by atoms with Crippen LogP contribution in [-0.4, -0.2) is 22.5 Å². The fourth-order valence-corrected chi connectivity index (χ4v) is 3.84. The van der Waals surface area contributed by atoms with Crippen LogP contribution in [0.3, 0.4) is 0 Å². The molecule has 6 nitrogen and oxygen atoms in total. The average Bonchev–Trinajstić information content (AvgIpc) is 2.80.